The molecule has 0 aliphatic heterocycles. The van der Waals surface area contributed by atoms with E-state index in [9.17, 15) is 15.0 Å². The average molecular weight is 327 g/mol. The minimum absolute atomic E-state index is 0.106. The van der Waals surface area contributed by atoms with Crippen LogP contribution < -0.4 is 5.63 Å². The maximum atomic E-state index is 11.9. The monoisotopic (exact) mass is 327 g/mol. The predicted octanol–water partition coefficient (Wildman–Crippen LogP) is 3.98. The lowest BCUT2D eigenvalue weighted by atomic mass is 9.93. The number of hydrogen-bond donors (Lipinski definition) is 2. The highest BCUT2D eigenvalue weighted by molar-refractivity contribution is 5.59. The van der Waals surface area contributed by atoms with Crippen molar-refractivity contribution in [3.8, 4) is 11.5 Å². The fourth-order valence-electron chi connectivity index (χ4n) is 3.45. The van der Waals surface area contributed by atoms with Gasteiger partial charge < -0.3 is 14.6 Å². The van der Waals surface area contributed by atoms with Gasteiger partial charge in [-0.05, 0) is 42.9 Å². The second kappa shape index (κ2) is 6.75. The average Bonchev–Trinajstić information content (AvgIpc) is 3.07. The van der Waals surface area contributed by atoms with Gasteiger partial charge in [0.05, 0.1) is 0 Å². The molecule has 3 rings (SSSR count). The summed E-state index contributed by atoms with van der Waals surface area (Å²) in [6, 6.07) is 6.88. The number of phenolic OH excluding ortho intramolecular Hbond substituents is 1. The van der Waals surface area contributed by atoms with Gasteiger partial charge in [0, 0.05) is 12.0 Å². The topological polar surface area (TPSA) is 98.8 Å². The molecule has 1 fully saturated rings. The third kappa shape index (κ3) is 3.11. The Morgan fingerprint density at radius 2 is 1.96 bits per heavy atom. The van der Waals surface area contributed by atoms with Crippen molar-refractivity contribution in [1.29, 1.82) is 5.39 Å². The fraction of sp³-hybridized carbons (Fsp3) is 0.389. The van der Waals surface area contributed by atoms with E-state index in [0.717, 1.165) is 31.2 Å². The van der Waals surface area contributed by atoms with Crippen molar-refractivity contribution in [2.24, 2.45) is 0 Å². The van der Waals surface area contributed by atoms with Crippen LogP contribution in [0.1, 0.15) is 48.5 Å². The van der Waals surface area contributed by atoms with Crippen molar-refractivity contribution >= 4 is 5.69 Å². The van der Waals surface area contributed by atoms with Crippen LogP contribution in [0.15, 0.2) is 33.5 Å². The van der Waals surface area contributed by atoms with Crippen LogP contribution in [0.2, 0.25) is 0 Å². The van der Waals surface area contributed by atoms with Gasteiger partial charge in [-0.2, -0.15) is 0 Å². The van der Waals surface area contributed by atoms with Gasteiger partial charge in [0.2, 0.25) is 11.1 Å². The summed E-state index contributed by atoms with van der Waals surface area (Å²) in [5, 5.41) is 28.9. The summed E-state index contributed by atoms with van der Waals surface area (Å²) in [7, 11) is 0. The summed E-state index contributed by atoms with van der Waals surface area (Å²) in [4.78, 5) is 14.8. The van der Waals surface area contributed by atoms with Gasteiger partial charge in [-0.25, -0.2) is 4.79 Å². The van der Waals surface area contributed by atoms with E-state index >= 15 is 0 Å². The van der Waals surface area contributed by atoms with Gasteiger partial charge in [0.15, 0.2) is 4.98 Å². The quantitative estimate of drug-likeness (QED) is 0.828. The van der Waals surface area contributed by atoms with E-state index in [1.807, 2.05) is 6.07 Å². The highest BCUT2D eigenvalue weighted by Gasteiger charge is 2.33. The Morgan fingerprint density at radius 1 is 1.21 bits per heavy atom. The number of aryl methyl sites for hydroxylation is 2. The molecule has 2 aromatic rings. The second-order valence-electron chi connectivity index (χ2n) is 6.17. The van der Waals surface area contributed by atoms with E-state index in [4.69, 9.17) is 9.81 Å². The lowest BCUT2D eigenvalue weighted by Crippen LogP contribution is -2.09. The molecule has 0 amide bonds. The second-order valence-corrected chi connectivity index (χ2v) is 6.17. The first-order chi connectivity index (χ1) is 11.6. The Labute approximate surface area is 139 Å². The Morgan fingerprint density at radius 3 is 2.62 bits per heavy atom. The van der Waals surface area contributed by atoms with Gasteiger partial charge in [0.1, 0.15) is 11.5 Å². The molecule has 1 aromatic carbocycles. The van der Waals surface area contributed by atoms with Crippen molar-refractivity contribution in [3.05, 3.63) is 56.5 Å². The normalized spacial score (nSPS) is 14.6. The first-order valence-corrected chi connectivity index (χ1v) is 8.12. The number of benzene rings is 1. The van der Waals surface area contributed by atoms with Crippen molar-refractivity contribution in [2.75, 3.05) is 0 Å². The zero-order valence-corrected chi connectivity index (χ0v) is 13.2. The van der Waals surface area contributed by atoms with E-state index < -0.39 is 11.3 Å². The number of aromatic hydroxyl groups is 2. The Hall–Kier alpha value is -2.81. The van der Waals surface area contributed by atoms with Crippen LogP contribution in [-0.4, -0.2) is 10.2 Å². The van der Waals surface area contributed by atoms with Crippen LogP contribution in [0, 0.1) is 5.39 Å². The van der Waals surface area contributed by atoms with Crippen LogP contribution in [0.5, 0.6) is 11.5 Å². The van der Waals surface area contributed by atoms with E-state index in [0.29, 0.717) is 24.2 Å². The van der Waals surface area contributed by atoms with Crippen molar-refractivity contribution in [2.45, 2.75) is 44.4 Å². The number of diazo groups is 1. The Kier molecular flexibility index (Phi) is 4.52. The maximum Gasteiger partial charge on any atom is 0.510 e. The summed E-state index contributed by atoms with van der Waals surface area (Å²) in [6.45, 7) is 0. The standard InChI is InChI=1S/C18H18N2O4/c19-20-16-17(22)15(12-5-1-2-6-12)14(24-18(16)23)9-8-11-4-3-7-13(21)10-11/h3-4,7,10,12H,1-2,5-6,8-9H2,(H-,21,22,23)/p+1. The number of nitrogens with zero attached hydrogens (tertiary/aromatic N) is 2. The molecule has 124 valence electrons. The van der Waals surface area contributed by atoms with Crippen LogP contribution >= 0.6 is 0 Å². The van der Waals surface area contributed by atoms with Crippen LogP contribution in [-0.2, 0) is 12.8 Å². The van der Waals surface area contributed by atoms with E-state index in [1.54, 1.807) is 18.2 Å². The summed E-state index contributed by atoms with van der Waals surface area (Å²) in [5.41, 5.74) is 0.214. The Balaban J connectivity index is 1.96. The number of rotatable bonds is 4. The molecule has 0 spiro atoms. The lowest BCUT2D eigenvalue weighted by Gasteiger charge is -2.14. The van der Waals surface area contributed by atoms with E-state index in [1.165, 1.54) is 0 Å². The summed E-state index contributed by atoms with van der Waals surface area (Å²) in [6.07, 6.45) is 4.91. The molecule has 24 heavy (non-hydrogen) atoms. The van der Waals surface area contributed by atoms with E-state index in [2.05, 4.69) is 4.98 Å². The first kappa shape index (κ1) is 16.1. The summed E-state index contributed by atoms with van der Waals surface area (Å²) < 4.78 is 5.34. The molecule has 6 nitrogen and oxygen atoms in total. The highest BCUT2D eigenvalue weighted by atomic mass is 16.4. The van der Waals surface area contributed by atoms with Crippen molar-refractivity contribution in [3.63, 3.8) is 0 Å². The highest BCUT2D eigenvalue weighted by Crippen LogP contribution is 2.43. The Bertz CT molecular complexity index is 845. The summed E-state index contributed by atoms with van der Waals surface area (Å²) >= 11 is 0. The molecule has 2 N–H and O–H groups in total. The van der Waals surface area contributed by atoms with Gasteiger partial charge in [-0.15, -0.1) is 0 Å². The van der Waals surface area contributed by atoms with Gasteiger partial charge >= 0.3 is 11.3 Å². The predicted molar refractivity (Wildman–Crippen MR) is 88.1 cm³/mol. The number of phenols is 1. The number of hydrogen-bond acceptors (Lipinski definition) is 5. The molecule has 1 heterocycles. The minimum Gasteiger partial charge on any atom is -0.508 e. The van der Waals surface area contributed by atoms with Crippen molar-refractivity contribution in [1.82, 2.24) is 0 Å². The van der Waals surface area contributed by atoms with Crippen LogP contribution in [0.3, 0.4) is 0 Å². The zero-order chi connectivity index (χ0) is 17.1. The molecule has 0 radical (unpaired) electrons. The zero-order valence-electron chi connectivity index (χ0n) is 13.2. The molecule has 6 heteroatoms. The van der Waals surface area contributed by atoms with Crippen molar-refractivity contribution < 1.29 is 14.6 Å². The SMILES string of the molecule is N#[N+]c1c(O)c(C2CCCC2)c(CCc2cccc(O)c2)oc1=O. The van der Waals surface area contributed by atoms with Crippen LogP contribution in [0.4, 0.5) is 5.69 Å². The van der Waals surface area contributed by atoms with E-state index in [-0.39, 0.29) is 17.4 Å². The minimum atomic E-state index is -0.845. The molecular formula is C18H19N2O4+. The maximum absolute atomic E-state index is 11.9. The third-order valence-corrected chi connectivity index (χ3v) is 4.60. The molecule has 1 aliphatic carbocycles. The molecule has 0 unspecified atom stereocenters. The summed E-state index contributed by atoms with van der Waals surface area (Å²) in [5.74, 6) is 0.447. The molecule has 1 aliphatic rings. The smallest absolute Gasteiger partial charge is 0.508 e. The molecule has 0 atom stereocenters. The fourth-order valence-corrected chi connectivity index (χ4v) is 3.45. The molecular weight excluding hydrogens is 308 g/mol. The first-order valence-electron chi connectivity index (χ1n) is 8.12. The molecule has 1 saturated carbocycles. The molecule has 1 aromatic heterocycles. The lowest BCUT2D eigenvalue weighted by molar-refractivity contribution is 0.407. The van der Waals surface area contributed by atoms with Gasteiger partial charge in [0.25, 0.3) is 0 Å². The molecule has 0 bridgehead atoms. The third-order valence-electron chi connectivity index (χ3n) is 4.60. The van der Waals surface area contributed by atoms with Crippen LogP contribution in [0.25, 0.3) is 4.98 Å². The van der Waals surface area contributed by atoms with Gasteiger partial charge in [-0.1, -0.05) is 25.0 Å². The largest absolute Gasteiger partial charge is 0.510 e. The van der Waals surface area contributed by atoms with Gasteiger partial charge in [-0.3, -0.25) is 0 Å². The molecule has 0 saturated heterocycles.